The highest BCUT2D eigenvalue weighted by Crippen LogP contribution is 2.60. The number of rotatable bonds is 25. The van der Waals surface area contributed by atoms with Crippen molar-refractivity contribution in [2.45, 2.75) is 119 Å². The van der Waals surface area contributed by atoms with Crippen LogP contribution in [0.4, 0.5) is 65.9 Å². The number of halogens is 15. The van der Waals surface area contributed by atoms with Crippen LogP contribution in [0.15, 0.2) is 38.5 Å². The molecule has 0 aliphatic heterocycles. The molecule has 0 atom stereocenters. The lowest BCUT2D eigenvalue weighted by Crippen LogP contribution is -2.71. The van der Waals surface area contributed by atoms with E-state index in [1.165, 1.54) is 18.8 Å². The van der Waals surface area contributed by atoms with Gasteiger partial charge in [-0.1, -0.05) is 19.7 Å². The van der Waals surface area contributed by atoms with Gasteiger partial charge >= 0.3 is 41.7 Å². The maximum atomic E-state index is 14.2. The lowest BCUT2D eigenvalue weighted by molar-refractivity contribution is -0.429. The summed E-state index contributed by atoms with van der Waals surface area (Å²) >= 11 is 0. The molecule has 3 saturated carbocycles. The topological polar surface area (TPSA) is 55.4 Å². The van der Waals surface area contributed by atoms with Crippen LogP contribution in [0.25, 0.3) is 0 Å². The molecule has 3 aliphatic rings. The van der Waals surface area contributed by atoms with E-state index in [4.69, 9.17) is 14.2 Å². The molecule has 0 aromatic heterocycles. The lowest BCUT2D eigenvalue weighted by Gasteiger charge is -2.41. The summed E-state index contributed by atoms with van der Waals surface area (Å²) in [6.45, 7) is 4.26. The van der Waals surface area contributed by atoms with Crippen molar-refractivity contribution < 1.29 is 94.3 Å². The van der Waals surface area contributed by atoms with Gasteiger partial charge in [-0.3, -0.25) is 0 Å². The first kappa shape index (κ1) is 54.6. The molecule has 61 heavy (non-hydrogen) atoms. The van der Waals surface area contributed by atoms with E-state index in [2.05, 4.69) is 33.9 Å². The smallest absolute Gasteiger partial charge is 0.411 e. The van der Waals surface area contributed by atoms with Gasteiger partial charge in [0.05, 0.1) is 38.6 Å². The van der Waals surface area contributed by atoms with Gasteiger partial charge in [0.25, 0.3) is 0 Å². The Morgan fingerprint density at radius 1 is 0.328 bits per heavy atom. The number of hydrogen-bond donors (Lipinski definition) is 0. The summed E-state index contributed by atoms with van der Waals surface area (Å²) in [6, 6.07) is 0. The van der Waals surface area contributed by atoms with Gasteiger partial charge in [0, 0.05) is 19.8 Å². The molecule has 358 valence electrons. The van der Waals surface area contributed by atoms with Crippen LogP contribution in [-0.4, -0.2) is 101 Å². The van der Waals surface area contributed by atoms with Crippen LogP contribution in [0.2, 0.25) is 0 Å². The summed E-state index contributed by atoms with van der Waals surface area (Å²) in [4.78, 5) is 0. The quantitative estimate of drug-likeness (QED) is 0.0672. The summed E-state index contributed by atoms with van der Waals surface area (Å²) in [5.41, 5.74) is 0. The second-order valence-corrected chi connectivity index (χ2v) is 16.0. The summed E-state index contributed by atoms with van der Waals surface area (Å²) < 4.78 is 235. The van der Waals surface area contributed by atoms with E-state index in [0.29, 0.717) is 77.1 Å². The maximum absolute atomic E-state index is 14.2. The zero-order chi connectivity index (χ0) is 46.2. The molecule has 0 bridgehead atoms. The molecule has 3 rings (SSSR count). The average Bonchev–Trinajstić information content (AvgIpc) is 3.19. The monoisotopic (exact) mass is 918 g/mol. The van der Waals surface area contributed by atoms with E-state index in [9.17, 15) is 65.9 Å². The third-order valence-corrected chi connectivity index (χ3v) is 11.2. The normalized spacial score (nSPS) is 24.8. The van der Waals surface area contributed by atoms with Crippen molar-refractivity contribution >= 4 is 0 Å². The van der Waals surface area contributed by atoms with E-state index in [1.54, 1.807) is 0 Å². The van der Waals surface area contributed by atoms with Crippen LogP contribution in [0.3, 0.4) is 0 Å². The summed E-state index contributed by atoms with van der Waals surface area (Å²) in [7, 11) is 0. The van der Waals surface area contributed by atoms with Crippen LogP contribution < -0.4 is 0 Å². The third kappa shape index (κ3) is 15.9. The van der Waals surface area contributed by atoms with Crippen molar-refractivity contribution in [1.82, 2.24) is 0 Å². The van der Waals surface area contributed by atoms with Gasteiger partial charge in [0.2, 0.25) is 0 Å². The average molecular weight is 919 g/mol. The molecule has 0 amide bonds. The first-order valence-electron chi connectivity index (χ1n) is 20.0. The molecule has 0 radical (unpaired) electrons. The third-order valence-electron chi connectivity index (χ3n) is 11.2. The van der Waals surface area contributed by atoms with Crippen LogP contribution in [-0.2, 0) is 28.4 Å². The molecule has 0 N–H and O–H groups in total. The molecule has 0 spiro atoms. The van der Waals surface area contributed by atoms with Crippen molar-refractivity contribution in [1.29, 1.82) is 0 Å². The highest BCUT2D eigenvalue weighted by molar-refractivity contribution is 5.11. The fourth-order valence-electron chi connectivity index (χ4n) is 7.39. The van der Waals surface area contributed by atoms with Crippen LogP contribution in [0, 0.1) is 35.5 Å². The summed E-state index contributed by atoms with van der Waals surface area (Å²) in [5, 5.41) is 0. The van der Waals surface area contributed by atoms with Gasteiger partial charge in [-0.2, -0.15) is 65.9 Å². The Morgan fingerprint density at radius 2 is 0.541 bits per heavy atom. The molecule has 6 nitrogen and oxygen atoms in total. The van der Waals surface area contributed by atoms with Crippen molar-refractivity contribution in [3.8, 4) is 0 Å². The number of alkyl halides is 15. The molecule has 21 heteroatoms. The Bertz CT molecular complexity index is 1200. The minimum Gasteiger partial charge on any atom is -0.502 e. The van der Waals surface area contributed by atoms with Crippen LogP contribution in [0.1, 0.15) is 77.0 Å². The minimum absolute atomic E-state index is 0.0872. The molecular weight excluding hydrogens is 861 g/mol. The Hall–Kier alpha value is -2.55. The van der Waals surface area contributed by atoms with E-state index in [-0.39, 0.29) is 24.4 Å². The summed E-state index contributed by atoms with van der Waals surface area (Å²) in [6.07, 6.45) is 7.02. The number of ether oxygens (including phenoxy) is 6. The highest BCUT2D eigenvalue weighted by Gasteiger charge is 2.90. The lowest BCUT2D eigenvalue weighted by atomic mass is 9.83. The molecule has 0 saturated heterocycles. The zero-order valence-corrected chi connectivity index (χ0v) is 33.8. The van der Waals surface area contributed by atoms with E-state index < -0.39 is 86.6 Å². The van der Waals surface area contributed by atoms with Gasteiger partial charge in [0.1, 0.15) is 19.8 Å². The number of hydrogen-bond acceptors (Lipinski definition) is 6. The highest BCUT2D eigenvalue weighted by atomic mass is 19.4. The molecule has 0 aromatic rings. The molecule has 0 unspecified atom stereocenters. The Morgan fingerprint density at radius 3 is 0.754 bits per heavy atom. The van der Waals surface area contributed by atoms with Gasteiger partial charge in [-0.05, 0) is 113 Å². The molecule has 0 aromatic carbocycles. The van der Waals surface area contributed by atoms with Gasteiger partial charge in [-0.25, -0.2) is 0 Å². The van der Waals surface area contributed by atoms with Gasteiger partial charge in [0.15, 0.2) is 0 Å². The standard InChI is InChI=1S/C28H38F12O4.C12H19F3O2/c1-3-41-13-19-5-9-21(10-6-19)15-43-17-23(29,30)25(33,34)27(37,38)28(39,40)26(35,36)24(31,32)18-44-16-22-11-7-20(8-12-22)14-42-4-2;1-2-16-7-10-3-5-11(6-4-10)8-17-9-12(13,14)15/h3-4,19-22H,1-2,5-18H2;2,10-11H,1,3-9H2. The molecule has 3 aliphatic carbocycles. The van der Waals surface area contributed by atoms with Gasteiger partial charge in [-0.15, -0.1) is 0 Å². The molecule has 0 heterocycles. The Kier molecular flexibility index (Phi) is 21.4. The SMILES string of the molecule is C=COCC1CCC(COCC(F)(F)C(F)(F)C(F)(F)C(F)(F)C(F)(F)C(F)(F)COCC2CCC(COC=C)CC2)CC1.C=COCC1CCC(COCC(F)(F)F)CC1. The van der Waals surface area contributed by atoms with E-state index >= 15 is 0 Å². The van der Waals surface area contributed by atoms with Crippen molar-refractivity contribution in [2.24, 2.45) is 35.5 Å². The van der Waals surface area contributed by atoms with Crippen LogP contribution >= 0.6 is 0 Å². The Labute approximate surface area is 346 Å². The van der Waals surface area contributed by atoms with Crippen molar-refractivity contribution in [2.75, 3.05) is 59.5 Å². The van der Waals surface area contributed by atoms with Gasteiger partial charge < -0.3 is 28.4 Å². The fourth-order valence-corrected chi connectivity index (χ4v) is 7.39. The minimum atomic E-state index is -7.63. The molecular formula is C40H57F15O6. The van der Waals surface area contributed by atoms with E-state index in [0.717, 1.165) is 25.7 Å². The van der Waals surface area contributed by atoms with Crippen LogP contribution in [0.5, 0.6) is 0 Å². The first-order valence-corrected chi connectivity index (χ1v) is 20.0. The Balaban J connectivity index is 0.000000627. The predicted octanol–water partition coefficient (Wildman–Crippen LogP) is 12.3. The predicted molar refractivity (Wildman–Crippen MR) is 193 cm³/mol. The summed E-state index contributed by atoms with van der Waals surface area (Å²) in [5.74, 6) is -41.9. The van der Waals surface area contributed by atoms with Crippen molar-refractivity contribution in [3.63, 3.8) is 0 Å². The fraction of sp³-hybridized carbons (Fsp3) is 0.850. The van der Waals surface area contributed by atoms with E-state index in [1.807, 2.05) is 0 Å². The maximum Gasteiger partial charge on any atom is 0.411 e. The first-order chi connectivity index (χ1) is 28.3. The second kappa shape index (κ2) is 23.9. The zero-order valence-electron chi connectivity index (χ0n) is 33.8. The van der Waals surface area contributed by atoms with Crippen molar-refractivity contribution in [3.05, 3.63) is 38.5 Å². The second-order valence-electron chi connectivity index (χ2n) is 16.0. The largest absolute Gasteiger partial charge is 0.502 e. The molecule has 3 fully saturated rings.